The second kappa shape index (κ2) is 9.67. The van der Waals surface area contributed by atoms with Crippen LogP contribution >= 0.6 is 0 Å². The van der Waals surface area contributed by atoms with Crippen LogP contribution in [0.2, 0.25) is 0 Å². The number of rotatable bonds is 8. The minimum atomic E-state index is -3.66. The number of ether oxygens (including phenoxy) is 1. The highest BCUT2D eigenvalue weighted by atomic mass is 32.2. The van der Waals surface area contributed by atoms with Crippen LogP contribution in [0.25, 0.3) is 0 Å². The average molecular weight is 434 g/mol. The SMILES string of the molecule is CC(=O)Nc1ccc(CN[C@@H]2CO[C@H](CNS(=O)(=O)c3ccc(C)cc3)[C@H]2O)cc1. The average Bonchev–Trinajstić information content (AvgIpc) is 3.05. The maximum Gasteiger partial charge on any atom is 0.240 e. The maximum absolute atomic E-state index is 12.4. The third kappa shape index (κ3) is 5.87. The van der Waals surface area contributed by atoms with E-state index in [4.69, 9.17) is 4.74 Å². The van der Waals surface area contributed by atoms with Crippen molar-refractivity contribution < 1.29 is 23.1 Å². The number of hydrogen-bond donors (Lipinski definition) is 4. The van der Waals surface area contributed by atoms with Crippen molar-refractivity contribution >= 4 is 21.6 Å². The molecule has 4 N–H and O–H groups in total. The van der Waals surface area contributed by atoms with Crippen molar-refractivity contribution in [2.24, 2.45) is 0 Å². The van der Waals surface area contributed by atoms with Gasteiger partial charge in [0.1, 0.15) is 0 Å². The highest BCUT2D eigenvalue weighted by Gasteiger charge is 2.36. The van der Waals surface area contributed by atoms with E-state index >= 15 is 0 Å². The summed E-state index contributed by atoms with van der Waals surface area (Å²) in [4.78, 5) is 11.2. The summed E-state index contributed by atoms with van der Waals surface area (Å²) >= 11 is 0. The van der Waals surface area contributed by atoms with Crippen LogP contribution in [0.4, 0.5) is 5.69 Å². The van der Waals surface area contributed by atoms with Crippen LogP contribution in [0.5, 0.6) is 0 Å². The van der Waals surface area contributed by atoms with Crippen LogP contribution in [0, 0.1) is 6.92 Å². The molecule has 1 aliphatic rings. The Bertz CT molecular complexity index is 961. The van der Waals surface area contributed by atoms with Gasteiger partial charge in [-0.05, 0) is 36.8 Å². The Morgan fingerprint density at radius 3 is 2.43 bits per heavy atom. The van der Waals surface area contributed by atoms with Crippen molar-refractivity contribution in [2.45, 2.75) is 43.5 Å². The molecular weight excluding hydrogens is 406 g/mol. The zero-order valence-corrected chi connectivity index (χ0v) is 17.8. The molecular formula is C21H27N3O5S. The zero-order chi connectivity index (χ0) is 21.7. The van der Waals surface area contributed by atoms with Crippen molar-refractivity contribution in [3.05, 3.63) is 59.7 Å². The van der Waals surface area contributed by atoms with Crippen molar-refractivity contribution in [1.82, 2.24) is 10.0 Å². The van der Waals surface area contributed by atoms with Crippen molar-refractivity contribution in [1.29, 1.82) is 0 Å². The summed E-state index contributed by atoms with van der Waals surface area (Å²) in [6.45, 7) is 4.11. The van der Waals surface area contributed by atoms with Crippen molar-refractivity contribution in [3.63, 3.8) is 0 Å². The zero-order valence-electron chi connectivity index (χ0n) is 17.0. The molecule has 3 atom stereocenters. The highest BCUT2D eigenvalue weighted by Crippen LogP contribution is 2.17. The first-order chi connectivity index (χ1) is 14.2. The molecule has 9 heteroatoms. The molecule has 1 fully saturated rings. The molecule has 0 unspecified atom stereocenters. The summed E-state index contributed by atoms with van der Waals surface area (Å²) in [6, 6.07) is 13.6. The number of hydrogen-bond acceptors (Lipinski definition) is 6. The van der Waals surface area contributed by atoms with Crippen molar-refractivity contribution in [2.75, 3.05) is 18.5 Å². The molecule has 0 aliphatic carbocycles. The lowest BCUT2D eigenvalue weighted by Gasteiger charge is -2.19. The summed E-state index contributed by atoms with van der Waals surface area (Å²) in [5.74, 6) is -0.129. The summed E-state index contributed by atoms with van der Waals surface area (Å²) in [5, 5.41) is 16.4. The van der Waals surface area contributed by atoms with E-state index in [1.807, 2.05) is 31.2 Å². The molecule has 1 heterocycles. The van der Waals surface area contributed by atoms with Gasteiger partial charge in [-0.25, -0.2) is 13.1 Å². The molecule has 2 aromatic carbocycles. The van der Waals surface area contributed by atoms with Crippen LogP contribution in [0.3, 0.4) is 0 Å². The Hall–Kier alpha value is -2.30. The quantitative estimate of drug-likeness (QED) is 0.496. The number of carbonyl (C=O) groups is 1. The monoisotopic (exact) mass is 433 g/mol. The smallest absolute Gasteiger partial charge is 0.240 e. The fourth-order valence-corrected chi connectivity index (χ4v) is 4.24. The molecule has 0 saturated carbocycles. The van der Waals surface area contributed by atoms with E-state index in [0.29, 0.717) is 6.54 Å². The number of benzene rings is 2. The predicted molar refractivity (Wildman–Crippen MR) is 113 cm³/mol. The normalized spacial score (nSPS) is 21.5. The largest absolute Gasteiger partial charge is 0.389 e. The fourth-order valence-electron chi connectivity index (χ4n) is 3.19. The molecule has 2 aromatic rings. The Labute approximate surface area is 176 Å². The summed E-state index contributed by atoms with van der Waals surface area (Å²) < 4.78 is 32.9. The van der Waals surface area contributed by atoms with Gasteiger partial charge in [0, 0.05) is 25.7 Å². The number of nitrogens with one attached hydrogen (secondary N) is 3. The molecule has 0 bridgehead atoms. The van der Waals surface area contributed by atoms with Crippen LogP contribution in [-0.2, 0) is 26.1 Å². The molecule has 162 valence electrons. The first-order valence-electron chi connectivity index (χ1n) is 9.70. The fraction of sp³-hybridized carbons (Fsp3) is 0.381. The third-order valence-electron chi connectivity index (χ3n) is 4.93. The van der Waals surface area contributed by atoms with Gasteiger partial charge in [0.05, 0.1) is 29.8 Å². The Kier molecular flexibility index (Phi) is 7.22. The molecule has 8 nitrogen and oxygen atoms in total. The maximum atomic E-state index is 12.4. The lowest BCUT2D eigenvalue weighted by molar-refractivity contribution is -0.114. The highest BCUT2D eigenvalue weighted by molar-refractivity contribution is 7.89. The van der Waals surface area contributed by atoms with E-state index in [2.05, 4.69) is 15.4 Å². The Morgan fingerprint density at radius 1 is 1.13 bits per heavy atom. The molecule has 0 radical (unpaired) electrons. The molecule has 1 saturated heterocycles. The van der Waals surface area contributed by atoms with Gasteiger partial charge in [-0.1, -0.05) is 29.8 Å². The number of amides is 1. The Balaban J connectivity index is 1.49. The number of sulfonamides is 1. The minimum Gasteiger partial charge on any atom is -0.389 e. The number of aliphatic hydroxyl groups is 1. The molecule has 1 aliphatic heterocycles. The first kappa shape index (κ1) is 22.4. The molecule has 0 spiro atoms. The van der Waals surface area contributed by atoms with Gasteiger partial charge in [-0.2, -0.15) is 0 Å². The van der Waals surface area contributed by atoms with Crippen LogP contribution in [-0.4, -0.2) is 50.8 Å². The predicted octanol–water partition coefficient (Wildman–Crippen LogP) is 1.15. The summed E-state index contributed by atoms with van der Waals surface area (Å²) in [7, 11) is -3.66. The number of aliphatic hydroxyl groups excluding tert-OH is 1. The van der Waals surface area contributed by atoms with E-state index in [0.717, 1.165) is 16.8 Å². The third-order valence-corrected chi connectivity index (χ3v) is 6.37. The summed E-state index contributed by atoms with van der Waals surface area (Å²) in [6.07, 6.45) is -1.48. The van der Waals surface area contributed by atoms with Crippen LogP contribution in [0.15, 0.2) is 53.4 Å². The van der Waals surface area contributed by atoms with E-state index in [1.165, 1.54) is 6.92 Å². The van der Waals surface area contributed by atoms with E-state index in [9.17, 15) is 18.3 Å². The molecule has 30 heavy (non-hydrogen) atoms. The first-order valence-corrected chi connectivity index (χ1v) is 11.2. The number of anilines is 1. The van der Waals surface area contributed by atoms with Crippen LogP contribution in [0.1, 0.15) is 18.1 Å². The van der Waals surface area contributed by atoms with E-state index in [1.54, 1.807) is 24.3 Å². The summed E-state index contributed by atoms with van der Waals surface area (Å²) in [5.41, 5.74) is 2.68. The van der Waals surface area contributed by atoms with Gasteiger partial charge < -0.3 is 20.5 Å². The van der Waals surface area contributed by atoms with Gasteiger partial charge >= 0.3 is 0 Å². The van der Waals surface area contributed by atoms with Gasteiger partial charge in [-0.3, -0.25) is 4.79 Å². The molecule has 3 rings (SSSR count). The Morgan fingerprint density at radius 2 is 1.80 bits per heavy atom. The standard InChI is InChI=1S/C21H27N3O5S/c1-14-3-9-18(10-4-14)30(27,28)23-12-20-21(26)19(13-29-20)22-11-16-5-7-17(8-6-16)24-15(2)25/h3-10,19-23,26H,11-13H2,1-2H3,(H,24,25)/t19-,20-,21+/m1/s1. The van der Waals surface area contributed by atoms with Gasteiger partial charge in [0.2, 0.25) is 15.9 Å². The van der Waals surface area contributed by atoms with Crippen LogP contribution < -0.4 is 15.4 Å². The minimum absolute atomic E-state index is 0.0129. The van der Waals surface area contributed by atoms with Crippen molar-refractivity contribution in [3.8, 4) is 0 Å². The topological polar surface area (TPSA) is 117 Å². The van der Waals surface area contributed by atoms with Gasteiger partial charge in [0.25, 0.3) is 0 Å². The molecule has 0 aromatic heterocycles. The van der Waals surface area contributed by atoms with E-state index < -0.39 is 22.2 Å². The molecule has 1 amide bonds. The number of carbonyl (C=O) groups excluding carboxylic acids is 1. The van der Waals surface area contributed by atoms with E-state index in [-0.39, 0.29) is 30.0 Å². The second-order valence-electron chi connectivity index (χ2n) is 7.39. The second-order valence-corrected chi connectivity index (χ2v) is 9.16. The lowest BCUT2D eigenvalue weighted by Crippen LogP contribution is -2.44. The van der Waals surface area contributed by atoms with Gasteiger partial charge in [0.15, 0.2) is 0 Å². The van der Waals surface area contributed by atoms with Gasteiger partial charge in [-0.15, -0.1) is 0 Å². The lowest BCUT2D eigenvalue weighted by atomic mass is 10.1. The number of aryl methyl sites for hydroxylation is 1.